The molecule has 174 valence electrons. The number of methoxy groups -OCH3 is 1. The summed E-state index contributed by atoms with van der Waals surface area (Å²) in [7, 11) is 1.32. The Hall–Kier alpha value is -3.81. The quantitative estimate of drug-likeness (QED) is 0.547. The summed E-state index contributed by atoms with van der Waals surface area (Å²) in [5, 5.41) is 8.56. The largest absolute Gasteiger partial charge is 0.466 e. The van der Waals surface area contributed by atoms with Gasteiger partial charge in [0.15, 0.2) is 0 Å². The Labute approximate surface area is 194 Å². The van der Waals surface area contributed by atoms with Crippen LogP contribution in [0.2, 0.25) is 0 Å². The molecule has 1 aliphatic rings. The third kappa shape index (κ3) is 5.16. The van der Waals surface area contributed by atoms with E-state index >= 15 is 0 Å². The zero-order valence-corrected chi connectivity index (χ0v) is 19.6. The topological polar surface area (TPSA) is 99.8 Å². The van der Waals surface area contributed by atoms with Crippen LogP contribution in [-0.4, -0.2) is 36.6 Å². The molecule has 4 amide bonds. The molecule has 0 radical (unpaired) electrons. The van der Waals surface area contributed by atoms with E-state index in [1.165, 1.54) is 7.11 Å². The summed E-state index contributed by atoms with van der Waals surface area (Å²) in [6.07, 6.45) is 0.758. The molecule has 2 aromatic rings. The van der Waals surface area contributed by atoms with Crippen LogP contribution in [-0.2, 0) is 9.53 Å². The van der Waals surface area contributed by atoms with Crippen LogP contribution in [0.15, 0.2) is 53.7 Å². The molecule has 1 heterocycles. The molecule has 33 heavy (non-hydrogen) atoms. The van der Waals surface area contributed by atoms with Crippen LogP contribution in [0.3, 0.4) is 0 Å². The molecule has 1 unspecified atom stereocenters. The predicted molar refractivity (Wildman–Crippen MR) is 128 cm³/mol. The van der Waals surface area contributed by atoms with Gasteiger partial charge >= 0.3 is 18.0 Å². The van der Waals surface area contributed by atoms with Gasteiger partial charge in [0.05, 0.1) is 18.7 Å². The van der Waals surface area contributed by atoms with Gasteiger partial charge in [-0.05, 0) is 62.1 Å². The lowest BCUT2D eigenvalue weighted by molar-refractivity contribution is -0.136. The number of benzene rings is 2. The third-order valence-electron chi connectivity index (χ3n) is 5.80. The van der Waals surface area contributed by atoms with Crippen LogP contribution in [0.1, 0.15) is 43.0 Å². The Morgan fingerprint density at radius 1 is 1.06 bits per heavy atom. The van der Waals surface area contributed by atoms with Crippen LogP contribution in [0.25, 0.3) is 0 Å². The number of ether oxygens (including phenoxy) is 1. The van der Waals surface area contributed by atoms with E-state index in [-0.39, 0.29) is 12.1 Å². The second-order valence-corrected chi connectivity index (χ2v) is 7.97. The number of nitrogens with zero attached hydrogens (tertiary/aromatic N) is 1. The Kier molecular flexibility index (Phi) is 7.37. The predicted octanol–water partition coefficient (Wildman–Crippen LogP) is 4.87. The van der Waals surface area contributed by atoms with Crippen molar-refractivity contribution in [2.24, 2.45) is 0 Å². The van der Waals surface area contributed by atoms with E-state index in [0.717, 1.165) is 23.2 Å². The van der Waals surface area contributed by atoms with Crippen molar-refractivity contribution in [3.8, 4) is 0 Å². The van der Waals surface area contributed by atoms with E-state index in [2.05, 4.69) is 16.0 Å². The fourth-order valence-electron chi connectivity index (χ4n) is 3.83. The molecule has 8 nitrogen and oxygen atoms in total. The van der Waals surface area contributed by atoms with Crippen molar-refractivity contribution < 1.29 is 19.1 Å². The number of carbonyl (C=O) groups is 3. The minimum absolute atomic E-state index is 0.262. The monoisotopic (exact) mass is 450 g/mol. The fraction of sp³-hybridized carbons (Fsp3) is 0.320. The molecule has 0 aromatic heterocycles. The van der Waals surface area contributed by atoms with Crippen molar-refractivity contribution in [2.75, 3.05) is 24.3 Å². The van der Waals surface area contributed by atoms with Crippen molar-refractivity contribution in [1.29, 1.82) is 0 Å². The van der Waals surface area contributed by atoms with Crippen molar-refractivity contribution in [1.82, 2.24) is 10.2 Å². The number of esters is 1. The maximum Gasteiger partial charge on any atom is 0.337 e. The van der Waals surface area contributed by atoms with Gasteiger partial charge in [0, 0.05) is 23.6 Å². The SMILES string of the molecule is CCCN1C(=O)NC(c2ccc(NC(=O)Nc3cccc(C)c3C)cc2)C(C(=O)OC)=C1C. The van der Waals surface area contributed by atoms with E-state index in [1.54, 1.807) is 36.1 Å². The molecule has 8 heteroatoms. The van der Waals surface area contributed by atoms with Crippen molar-refractivity contribution in [2.45, 2.75) is 40.2 Å². The highest BCUT2D eigenvalue weighted by Gasteiger charge is 2.35. The third-order valence-corrected chi connectivity index (χ3v) is 5.80. The lowest BCUT2D eigenvalue weighted by Gasteiger charge is -2.35. The molecular formula is C25H30N4O4. The number of allylic oxidation sites excluding steroid dienone is 1. The average Bonchev–Trinajstić information content (AvgIpc) is 2.79. The minimum Gasteiger partial charge on any atom is -0.466 e. The summed E-state index contributed by atoms with van der Waals surface area (Å²) in [5.41, 5.74) is 5.09. The second-order valence-electron chi connectivity index (χ2n) is 7.97. The summed E-state index contributed by atoms with van der Waals surface area (Å²) < 4.78 is 4.98. The van der Waals surface area contributed by atoms with Gasteiger partial charge in [0.2, 0.25) is 0 Å². The molecule has 0 spiro atoms. The number of anilines is 2. The molecule has 0 saturated heterocycles. The first-order valence-electron chi connectivity index (χ1n) is 10.9. The first-order valence-corrected chi connectivity index (χ1v) is 10.9. The molecule has 0 aliphatic carbocycles. The Balaban J connectivity index is 1.79. The Bertz CT molecular complexity index is 1090. The maximum atomic E-state index is 12.6. The van der Waals surface area contributed by atoms with Gasteiger partial charge in [-0.15, -0.1) is 0 Å². The number of aryl methyl sites for hydroxylation is 1. The smallest absolute Gasteiger partial charge is 0.337 e. The summed E-state index contributed by atoms with van der Waals surface area (Å²) in [4.78, 5) is 39.2. The highest BCUT2D eigenvalue weighted by atomic mass is 16.5. The number of hydrogen-bond donors (Lipinski definition) is 3. The molecule has 3 N–H and O–H groups in total. The highest BCUT2D eigenvalue weighted by Crippen LogP contribution is 2.32. The zero-order chi connectivity index (χ0) is 24.1. The van der Waals surface area contributed by atoms with E-state index in [1.807, 2.05) is 39.0 Å². The summed E-state index contributed by atoms with van der Waals surface area (Å²) in [6, 6.07) is 11.5. The Morgan fingerprint density at radius 3 is 2.39 bits per heavy atom. The second kappa shape index (κ2) is 10.2. The molecule has 1 atom stereocenters. The molecule has 0 bridgehead atoms. The highest BCUT2D eigenvalue weighted by molar-refractivity contribution is 6.00. The van der Waals surface area contributed by atoms with Crippen molar-refractivity contribution in [3.05, 3.63) is 70.4 Å². The van der Waals surface area contributed by atoms with Crippen LogP contribution in [0, 0.1) is 13.8 Å². The summed E-state index contributed by atoms with van der Waals surface area (Å²) in [6.45, 7) is 8.16. The van der Waals surface area contributed by atoms with Gasteiger partial charge in [-0.1, -0.05) is 31.2 Å². The lowest BCUT2D eigenvalue weighted by atomic mass is 9.94. The van der Waals surface area contributed by atoms with Crippen LogP contribution in [0.5, 0.6) is 0 Å². The standard InChI is InChI=1S/C25H30N4O4/c1-6-14-29-17(4)21(23(30)33-5)22(28-25(29)32)18-10-12-19(13-11-18)26-24(31)27-20-9-7-8-15(2)16(20)3/h7-13,22H,6,14H2,1-5H3,(H,28,32)(H2,26,27,31). The number of amides is 4. The zero-order valence-electron chi connectivity index (χ0n) is 19.6. The normalized spacial score (nSPS) is 15.7. The van der Waals surface area contributed by atoms with Crippen molar-refractivity contribution >= 4 is 29.4 Å². The molecule has 2 aromatic carbocycles. The summed E-state index contributed by atoms with van der Waals surface area (Å²) >= 11 is 0. The average molecular weight is 451 g/mol. The number of rotatable bonds is 6. The summed E-state index contributed by atoms with van der Waals surface area (Å²) in [5.74, 6) is -0.492. The van der Waals surface area contributed by atoms with Gasteiger partial charge in [-0.2, -0.15) is 0 Å². The van der Waals surface area contributed by atoms with Crippen molar-refractivity contribution in [3.63, 3.8) is 0 Å². The van der Waals surface area contributed by atoms with Gasteiger partial charge in [-0.25, -0.2) is 14.4 Å². The first-order chi connectivity index (χ1) is 15.8. The number of carbonyl (C=O) groups excluding carboxylic acids is 3. The van der Waals surface area contributed by atoms with Crippen LogP contribution >= 0.6 is 0 Å². The number of nitrogens with one attached hydrogen (secondary N) is 3. The van der Waals surface area contributed by atoms with Crippen LogP contribution < -0.4 is 16.0 Å². The first kappa shape index (κ1) is 23.8. The molecular weight excluding hydrogens is 420 g/mol. The van der Waals surface area contributed by atoms with E-state index < -0.39 is 12.0 Å². The van der Waals surface area contributed by atoms with Gasteiger partial charge in [0.25, 0.3) is 0 Å². The van der Waals surface area contributed by atoms with E-state index in [4.69, 9.17) is 4.74 Å². The molecule has 1 aliphatic heterocycles. The molecule has 0 fully saturated rings. The molecule has 0 saturated carbocycles. The van der Waals surface area contributed by atoms with Gasteiger partial charge in [-0.3, -0.25) is 4.90 Å². The maximum absolute atomic E-state index is 12.6. The van der Waals surface area contributed by atoms with Gasteiger partial charge < -0.3 is 20.7 Å². The van der Waals surface area contributed by atoms with Gasteiger partial charge in [0.1, 0.15) is 0 Å². The van der Waals surface area contributed by atoms with E-state index in [9.17, 15) is 14.4 Å². The Morgan fingerprint density at radius 2 is 1.76 bits per heavy atom. The minimum atomic E-state index is -0.643. The molecule has 3 rings (SSSR count). The number of hydrogen-bond acceptors (Lipinski definition) is 4. The number of urea groups is 2. The van der Waals surface area contributed by atoms with Crippen LogP contribution in [0.4, 0.5) is 21.0 Å². The fourth-order valence-corrected chi connectivity index (χ4v) is 3.83. The lowest BCUT2D eigenvalue weighted by Crippen LogP contribution is -2.48. The van der Waals surface area contributed by atoms with E-state index in [0.29, 0.717) is 29.1 Å².